The zero-order valence-electron chi connectivity index (χ0n) is 10.9. The molecule has 0 aliphatic carbocycles. The lowest BCUT2D eigenvalue weighted by Gasteiger charge is -2.00. The molecule has 0 fully saturated rings. The molecule has 1 heterocycles. The van der Waals surface area contributed by atoms with Crippen molar-refractivity contribution in [1.29, 1.82) is 0 Å². The van der Waals surface area contributed by atoms with Crippen molar-refractivity contribution < 1.29 is 8.42 Å². The van der Waals surface area contributed by atoms with Gasteiger partial charge in [-0.1, -0.05) is 33.6 Å². The van der Waals surface area contributed by atoms with Gasteiger partial charge in [0.1, 0.15) is 11.3 Å². The average molecular weight is 386 g/mol. The zero-order valence-corrected chi connectivity index (χ0v) is 14.1. The van der Waals surface area contributed by atoms with Gasteiger partial charge in [-0.05, 0) is 30.3 Å². The van der Waals surface area contributed by atoms with Crippen molar-refractivity contribution in [3.05, 3.63) is 45.9 Å². The molecule has 0 aliphatic rings. The molecule has 1 aromatic heterocycles. The van der Waals surface area contributed by atoms with Crippen molar-refractivity contribution in [1.82, 2.24) is 9.97 Å². The van der Waals surface area contributed by atoms with Gasteiger partial charge in [-0.15, -0.1) is 0 Å². The quantitative estimate of drug-likeness (QED) is 0.724. The number of H-pyrrole nitrogens is 1. The number of halogens is 2. The van der Waals surface area contributed by atoms with E-state index in [1.54, 1.807) is 24.3 Å². The maximum Gasteiger partial charge on any atom is 0.177 e. The van der Waals surface area contributed by atoms with Gasteiger partial charge in [-0.2, -0.15) is 0 Å². The van der Waals surface area contributed by atoms with Crippen LogP contribution in [0.1, 0.15) is 0 Å². The molecular weight excluding hydrogens is 376 g/mol. The Labute approximate surface area is 135 Å². The van der Waals surface area contributed by atoms with Crippen LogP contribution in [0.3, 0.4) is 0 Å². The van der Waals surface area contributed by atoms with E-state index >= 15 is 0 Å². The fraction of sp³-hybridized carbons (Fsp3) is 0.0714. The van der Waals surface area contributed by atoms with Crippen LogP contribution in [0.25, 0.3) is 22.4 Å². The first-order valence-electron chi connectivity index (χ1n) is 6.00. The predicted molar refractivity (Wildman–Crippen MR) is 87.3 cm³/mol. The highest BCUT2D eigenvalue weighted by Crippen LogP contribution is 2.31. The Hall–Kier alpha value is -1.37. The van der Waals surface area contributed by atoms with Crippen molar-refractivity contribution in [2.24, 2.45) is 0 Å². The van der Waals surface area contributed by atoms with Crippen molar-refractivity contribution in [2.45, 2.75) is 4.90 Å². The Morgan fingerprint density at radius 3 is 2.67 bits per heavy atom. The third-order valence-electron chi connectivity index (χ3n) is 3.06. The Morgan fingerprint density at radius 2 is 2.00 bits per heavy atom. The normalized spacial score (nSPS) is 12.0. The molecule has 7 heteroatoms. The van der Waals surface area contributed by atoms with E-state index in [9.17, 15) is 8.42 Å². The first kappa shape index (κ1) is 14.6. The van der Waals surface area contributed by atoms with E-state index in [1.807, 2.05) is 12.1 Å². The molecule has 3 rings (SSSR count). The summed E-state index contributed by atoms with van der Waals surface area (Å²) in [4.78, 5) is 7.72. The molecule has 0 bridgehead atoms. The second-order valence-electron chi connectivity index (χ2n) is 4.63. The molecule has 0 spiro atoms. The van der Waals surface area contributed by atoms with Crippen molar-refractivity contribution in [3.63, 3.8) is 0 Å². The number of hydrogen-bond donors (Lipinski definition) is 1. The average Bonchev–Trinajstić information content (AvgIpc) is 2.80. The molecule has 0 amide bonds. The zero-order chi connectivity index (χ0) is 15.2. The molecule has 0 saturated carbocycles. The summed E-state index contributed by atoms with van der Waals surface area (Å²) in [5.74, 6) is 0.540. The Bertz CT molecular complexity index is 951. The molecule has 0 radical (unpaired) electrons. The van der Waals surface area contributed by atoms with Crippen LogP contribution in [-0.4, -0.2) is 24.6 Å². The summed E-state index contributed by atoms with van der Waals surface area (Å²) in [6.07, 6.45) is 1.17. The third kappa shape index (κ3) is 2.71. The van der Waals surface area contributed by atoms with Crippen molar-refractivity contribution in [2.75, 3.05) is 6.26 Å². The minimum atomic E-state index is -3.34. The first-order valence-corrected chi connectivity index (χ1v) is 9.07. The second-order valence-corrected chi connectivity index (χ2v) is 7.94. The van der Waals surface area contributed by atoms with Gasteiger partial charge in [-0.3, -0.25) is 0 Å². The van der Waals surface area contributed by atoms with E-state index in [2.05, 4.69) is 25.9 Å². The van der Waals surface area contributed by atoms with Gasteiger partial charge in [0.2, 0.25) is 0 Å². The predicted octanol–water partition coefficient (Wildman–Crippen LogP) is 4.05. The SMILES string of the molecule is CS(=O)(=O)c1cccc2[nH]c(-c3ccc(Br)cc3Cl)nc12. The van der Waals surface area contributed by atoms with E-state index < -0.39 is 9.84 Å². The van der Waals surface area contributed by atoms with Crippen LogP contribution in [-0.2, 0) is 9.84 Å². The molecular formula is C14H10BrClN2O2S. The highest BCUT2D eigenvalue weighted by Gasteiger charge is 2.16. The molecule has 2 aromatic carbocycles. The van der Waals surface area contributed by atoms with Crippen LogP contribution in [0.2, 0.25) is 5.02 Å². The highest BCUT2D eigenvalue weighted by molar-refractivity contribution is 9.10. The summed E-state index contributed by atoms with van der Waals surface area (Å²) in [6.45, 7) is 0. The maximum absolute atomic E-state index is 11.8. The van der Waals surface area contributed by atoms with E-state index in [4.69, 9.17) is 11.6 Å². The number of fused-ring (bicyclic) bond motifs is 1. The van der Waals surface area contributed by atoms with Gasteiger partial charge in [0.25, 0.3) is 0 Å². The van der Waals surface area contributed by atoms with Crippen LogP contribution in [0.5, 0.6) is 0 Å². The van der Waals surface area contributed by atoms with Crippen LogP contribution in [0.15, 0.2) is 45.8 Å². The lowest BCUT2D eigenvalue weighted by Crippen LogP contribution is -1.97. The monoisotopic (exact) mass is 384 g/mol. The molecule has 3 aromatic rings. The van der Waals surface area contributed by atoms with Gasteiger partial charge in [0.05, 0.1) is 15.4 Å². The van der Waals surface area contributed by atoms with E-state index in [-0.39, 0.29) is 4.90 Å². The van der Waals surface area contributed by atoms with Gasteiger partial charge in [0, 0.05) is 16.3 Å². The summed E-state index contributed by atoms with van der Waals surface area (Å²) in [7, 11) is -3.34. The molecule has 0 aliphatic heterocycles. The summed E-state index contributed by atoms with van der Waals surface area (Å²) >= 11 is 9.56. The summed E-state index contributed by atoms with van der Waals surface area (Å²) in [6, 6.07) is 10.5. The molecule has 0 unspecified atom stereocenters. The van der Waals surface area contributed by atoms with Crippen LogP contribution < -0.4 is 0 Å². The lowest BCUT2D eigenvalue weighted by molar-refractivity contribution is 0.602. The van der Waals surface area contributed by atoms with Crippen molar-refractivity contribution >= 4 is 48.4 Å². The largest absolute Gasteiger partial charge is 0.338 e. The molecule has 21 heavy (non-hydrogen) atoms. The summed E-state index contributed by atoms with van der Waals surface area (Å²) in [5, 5.41) is 0.532. The van der Waals surface area contributed by atoms with Gasteiger partial charge >= 0.3 is 0 Å². The summed E-state index contributed by atoms with van der Waals surface area (Å²) in [5.41, 5.74) is 1.80. The molecule has 0 atom stereocenters. The molecule has 4 nitrogen and oxygen atoms in total. The number of nitrogens with zero attached hydrogens (tertiary/aromatic N) is 1. The smallest absolute Gasteiger partial charge is 0.177 e. The number of rotatable bonds is 2. The number of imidazole rings is 1. The van der Waals surface area contributed by atoms with Crippen LogP contribution in [0.4, 0.5) is 0 Å². The maximum atomic E-state index is 11.8. The number of para-hydroxylation sites is 1. The number of aromatic amines is 1. The third-order valence-corrected chi connectivity index (χ3v) is 5.00. The molecule has 108 valence electrons. The number of aromatic nitrogens is 2. The minimum Gasteiger partial charge on any atom is -0.338 e. The second kappa shape index (κ2) is 5.12. The first-order chi connectivity index (χ1) is 9.86. The highest BCUT2D eigenvalue weighted by atomic mass is 79.9. The standard InChI is InChI=1S/C14H10BrClN2O2S/c1-21(19,20)12-4-2-3-11-13(12)18-14(17-11)9-6-5-8(15)7-10(9)16/h2-7H,1H3,(H,17,18). The van der Waals surface area contributed by atoms with Crippen molar-refractivity contribution in [3.8, 4) is 11.4 Å². The van der Waals surface area contributed by atoms with Crippen LogP contribution >= 0.6 is 27.5 Å². The van der Waals surface area contributed by atoms with Gasteiger partial charge < -0.3 is 4.98 Å². The fourth-order valence-corrected chi connectivity index (χ4v) is 3.71. The molecule has 0 saturated heterocycles. The van der Waals surface area contributed by atoms with Crippen LogP contribution in [0, 0.1) is 0 Å². The van der Waals surface area contributed by atoms with Gasteiger partial charge in [0.15, 0.2) is 9.84 Å². The number of hydrogen-bond acceptors (Lipinski definition) is 3. The topological polar surface area (TPSA) is 62.8 Å². The van der Waals surface area contributed by atoms with E-state index in [0.29, 0.717) is 21.9 Å². The Morgan fingerprint density at radius 1 is 1.24 bits per heavy atom. The minimum absolute atomic E-state index is 0.204. The Balaban J connectivity index is 2.27. The molecule has 1 N–H and O–H groups in total. The number of nitrogens with one attached hydrogen (secondary N) is 1. The van der Waals surface area contributed by atoms with E-state index in [1.165, 1.54) is 6.26 Å². The lowest BCUT2D eigenvalue weighted by atomic mass is 10.2. The fourth-order valence-electron chi connectivity index (χ4n) is 2.11. The number of sulfone groups is 1. The summed E-state index contributed by atoms with van der Waals surface area (Å²) < 4.78 is 24.5. The number of benzene rings is 2. The Kier molecular flexibility index (Phi) is 3.55. The van der Waals surface area contributed by atoms with Gasteiger partial charge in [-0.25, -0.2) is 13.4 Å². The van der Waals surface area contributed by atoms with E-state index in [0.717, 1.165) is 10.0 Å².